The quantitative estimate of drug-likeness (QED) is 0.722. The van der Waals surface area contributed by atoms with Crippen LogP contribution in [0.3, 0.4) is 0 Å². The molecule has 100 valence electrons. The van der Waals surface area contributed by atoms with Crippen molar-refractivity contribution in [2.75, 3.05) is 0 Å². The van der Waals surface area contributed by atoms with E-state index in [2.05, 4.69) is 5.32 Å². The lowest BCUT2D eigenvalue weighted by atomic mass is 9.84. The SMILES string of the molecule is CCC(C)(CC)NC(=O)CC(C)(C)CC(=O)O. The fourth-order valence-electron chi connectivity index (χ4n) is 1.71. The molecule has 0 spiro atoms. The molecule has 4 heteroatoms. The zero-order valence-electron chi connectivity index (χ0n) is 11.6. The van der Waals surface area contributed by atoms with E-state index in [4.69, 9.17) is 5.11 Å². The second kappa shape index (κ2) is 6.03. The van der Waals surface area contributed by atoms with Crippen molar-refractivity contribution < 1.29 is 14.7 Å². The lowest BCUT2D eigenvalue weighted by molar-refractivity contribution is -0.139. The second-order valence-electron chi connectivity index (χ2n) is 5.73. The summed E-state index contributed by atoms with van der Waals surface area (Å²) >= 11 is 0. The lowest BCUT2D eigenvalue weighted by Crippen LogP contribution is -2.46. The van der Waals surface area contributed by atoms with Gasteiger partial charge in [-0.2, -0.15) is 0 Å². The number of rotatable bonds is 7. The summed E-state index contributed by atoms with van der Waals surface area (Å²) in [5, 5.41) is 11.7. The Labute approximate surface area is 104 Å². The number of carbonyl (C=O) groups is 2. The van der Waals surface area contributed by atoms with Crippen molar-refractivity contribution in [3.63, 3.8) is 0 Å². The predicted molar refractivity (Wildman–Crippen MR) is 67.8 cm³/mol. The Morgan fingerprint density at radius 1 is 1.06 bits per heavy atom. The molecule has 0 aliphatic rings. The molecule has 0 unspecified atom stereocenters. The van der Waals surface area contributed by atoms with Gasteiger partial charge in [-0.25, -0.2) is 0 Å². The minimum atomic E-state index is -0.864. The Bertz CT molecular complexity index is 280. The topological polar surface area (TPSA) is 66.4 Å². The van der Waals surface area contributed by atoms with Gasteiger partial charge in [0.05, 0.1) is 6.42 Å². The highest BCUT2D eigenvalue weighted by molar-refractivity contribution is 5.78. The zero-order valence-corrected chi connectivity index (χ0v) is 11.6. The molecular formula is C13H25NO3. The van der Waals surface area contributed by atoms with Crippen molar-refractivity contribution in [3.05, 3.63) is 0 Å². The maximum atomic E-state index is 11.9. The molecule has 1 amide bonds. The summed E-state index contributed by atoms with van der Waals surface area (Å²) in [6, 6.07) is 0. The third-order valence-corrected chi connectivity index (χ3v) is 3.27. The first-order valence-corrected chi connectivity index (χ1v) is 6.17. The van der Waals surface area contributed by atoms with Crippen LogP contribution in [-0.2, 0) is 9.59 Å². The smallest absolute Gasteiger partial charge is 0.303 e. The third-order valence-electron chi connectivity index (χ3n) is 3.27. The van der Waals surface area contributed by atoms with Gasteiger partial charge >= 0.3 is 5.97 Å². The minimum absolute atomic E-state index is 0.00931. The molecule has 0 bridgehead atoms. The van der Waals surface area contributed by atoms with E-state index in [9.17, 15) is 9.59 Å². The molecule has 17 heavy (non-hydrogen) atoms. The van der Waals surface area contributed by atoms with Crippen molar-refractivity contribution in [2.45, 2.75) is 65.8 Å². The lowest BCUT2D eigenvalue weighted by Gasteiger charge is -2.30. The van der Waals surface area contributed by atoms with Crippen molar-refractivity contribution in [2.24, 2.45) is 5.41 Å². The van der Waals surface area contributed by atoms with E-state index in [0.717, 1.165) is 12.8 Å². The van der Waals surface area contributed by atoms with E-state index in [0.29, 0.717) is 0 Å². The number of carboxylic acids is 1. The highest BCUT2D eigenvalue weighted by atomic mass is 16.4. The van der Waals surface area contributed by atoms with Crippen molar-refractivity contribution in [3.8, 4) is 0 Å². The number of aliphatic carboxylic acids is 1. The number of hydrogen-bond donors (Lipinski definition) is 2. The largest absolute Gasteiger partial charge is 0.481 e. The van der Waals surface area contributed by atoms with Gasteiger partial charge in [0.1, 0.15) is 0 Å². The first-order valence-electron chi connectivity index (χ1n) is 6.17. The first kappa shape index (κ1) is 15.9. The summed E-state index contributed by atoms with van der Waals surface area (Å²) in [7, 11) is 0. The molecule has 0 fully saturated rings. The Balaban J connectivity index is 4.40. The van der Waals surface area contributed by atoms with Crippen LogP contribution in [0.25, 0.3) is 0 Å². The average Bonchev–Trinajstić information content (AvgIpc) is 2.14. The standard InChI is InChI=1S/C13H25NO3/c1-6-13(5,7-2)14-10(15)8-12(3,4)9-11(16)17/h6-9H2,1-5H3,(H,14,15)(H,16,17). The summed E-state index contributed by atoms with van der Waals surface area (Å²) in [5.41, 5.74) is -0.686. The number of carboxylic acid groups (broad SMARTS) is 1. The van der Waals surface area contributed by atoms with Gasteiger partial charge in [-0.15, -0.1) is 0 Å². The summed E-state index contributed by atoms with van der Waals surface area (Å²) < 4.78 is 0. The van der Waals surface area contributed by atoms with E-state index in [1.165, 1.54) is 0 Å². The van der Waals surface area contributed by atoms with Crippen LogP contribution in [0.15, 0.2) is 0 Å². The Hall–Kier alpha value is -1.06. The maximum Gasteiger partial charge on any atom is 0.303 e. The van der Waals surface area contributed by atoms with Crippen LogP contribution in [0.5, 0.6) is 0 Å². The van der Waals surface area contributed by atoms with E-state index >= 15 is 0 Å². The molecule has 2 N–H and O–H groups in total. The molecule has 0 aromatic carbocycles. The summed E-state index contributed by atoms with van der Waals surface area (Å²) in [6.07, 6.45) is 1.99. The van der Waals surface area contributed by atoms with Gasteiger partial charge in [0.2, 0.25) is 5.91 Å². The molecule has 0 atom stereocenters. The summed E-state index contributed by atoms with van der Waals surface area (Å²) in [6.45, 7) is 9.68. The fourth-order valence-corrected chi connectivity index (χ4v) is 1.71. The summed E-state index contributed by atoms with van der Waals surface area (Å²) in [4.78, 5) is 22.5. The normalized spacial score (nSPS) is 12.3. The first-order chi connectivity index (χ1) is 7.64. The average molecular weight is 243 g/mol. The molecule has 0 heterocycles. The van der Waals surface area contributed by atoms with Crippen molar-refractivity contribution >= 4 is 11.9 Å². The highest BCUT2D eigenvalue weighted by Crippen LogP contribution is 2.25. The van der Waals surface area contributed by atoms with Crippen LogP contribution in [0, 0.1) is 5.41 Å². The van der Waals surface area contributed by atoms with E-state index in [1.807, 2.05) is 20.8 Å². The predicted octanol–water partition coefficient (Wildman–Crippen LogP) is 2.57. The van der Waals surface area contributed by atoms with Gasteiger partial charge in [-0.1, -0.05) is 27.7 Å². The molecular weight excluding hydrogens is 218 g/mol. The van der Waals surface area contributed by atoms with Crippen LogP contribution < -0.4 is 5.32 Å². The van der Waals surface area contributed by atoms with Gasteiger partial charge in [0, 0.05) is 12.0 Å². The van der Waals surface area contributed by atoms with Crippen molar-refractivity contribution in [1.29, 1.82) is 0 Å². The minimum Gasteiger partial charge on any atom is -0.481 e. The molecule has 4 nitrogen and oxygen atoms in total. The third kappa shape index (κ3) is 6.29. The number of hydrogen-bond acceptors (Lipinski definition) is 2. The monoisotopic (exact) mass is 243 g/mol. The Morgan fingerprint density at radius 3 is 1.88 bits per heavy atom. The van der Waals surface area contributed by atoms with E-state index in [-0.39, 0.29) is 24.3 Å². The van der Waals surface area contributed by atoms with E-state index < -0.39 is 11.4 Å². The van der Waals surface area contributed by atoms with Crippen LogP contribution >= 0.6 is 0 Å². The molecule has 0 aromatic heterocycles. The van der Waals surface area contributed by atoms with E-state index in [1.54, 1.807) is 13.8 Å². The highest BCUT2D eigenvalue weighted by Gasteiger charge is 2.28. The molecule has 0 aliphatic heterocycles. The Morgan fingerprint density at radius 2 is 1.53 bits per heavy atom. The second-order valence-corrected chi connectivity index (χ2v) is 5.73. The van der Waals surface area contributed by atoms with Crippen LogP contribution in [0.1, 0.15) is 60.3 Å². The number of amides is 1. The zero-order chi connectivity index (χ0) is 13.7. The number of carbonyl (C=O) groups excluding carboxylic acids is 1. The van der Waals surface area contributed by atoms with Gasteiger partial charge in [-0.3, -0.25) is 9.59 Å². The van der Waals surface area contributed by atoms with Crippen LogP contribution in [0.2, 0.25) is 0 Å². The maximum absolute atomic E-state index is 11.9. The number of nitrogens with one attached hydrogen (secondary N) is 1. The van der Waals surface area contributed by atoms with Gasteiger partial charge in [0.15, 0.2) is 0 Å². The van der Waals surface area contributed by atoms with Crippen molar-refractivity contribution in [1.82, 2.24) is 5.32 Å². The van der Waals surface area contributed by atoms with Gasteiger partial charge in [-0.05, 0) is 25.2 Å². The molecule has 0 radical (unpaired) electrons. The molecule has 0 saturated carbocycles. The van der Waals surface area contributed by atoms with Crippen LogP contribution in [0.4, 0.5) is 0 Å². The Kier molecular flexibility index (Phi) is 5.66. The molecule has 0 rings (SSSR count). The van der Waals surface area contributed by atoms with Crippen LogP contribution in [-0.4, -0.2) is 22.5 Å². The molecule has 0 aromatic rings. The molecule has 0 aliphatic carbocycles. The van der Waals surface area contributed by atoms with Gasteiger partial charge < -0.3 is 10.4 Å². The molecule has 0 saturated heterocycles. The summed E-state index contributed by atoms with van der Waals surface area (Å²) in [5.74, 6) is -0.931. The van der Waals surface area contributed by atoms with Gasteiger partial charge in [0.25, 0.3) is 0 Å². The fraction of sp³-hybridized carbons (Fsp3) is 0.846.